The molecule has 1 saturated carbocycles. The van der Waals surface area contributed by atoms with E-state index in [1.165, 1.54) is 49.8 Å². The molecule has 0 radical (unpaired) electrons. The van der Waals surface area contributed by atoms with E-state index >= 15 is 0 Å². The number of anilines is 1. The van der Waals surface area contributed by atoms with Gasteiger partial charge in [0.1, 0.15) is 0 Å². The molecule has 2 rings (SSSR count). The smallest absolute Gasteiger partial charge is 0.0370 e. The van der Waals surface area contributed by atoms with Gasteiger partial charge in [0, 0.05) is 16.7 Å². The van der Waals surface area contributed by atoms with Crippen LogP contribution in [-0.2, 0) is 0 Å². The average Bonchev–Trinajstić information content (AvgIpc) is 2.33. The van der Waals surface area contributed by atoms with E-state index in [1.807, 2.05) is 0 Å². The Morgan fingerprint density at radius 3 is 2.71 bits per heavy atom. The largest absolute Gasteiger partial charge is 0.385 e. The summed E-state index contributed by atoms with van der Waals surface area (Å²) >= 11 is 3.50. The third-order valence-electron chi connectivity index (χ3n) is 3.78. The van der Waals surface area contributed by atoms with Gasteiger partial charge >= 0.3 is 0 Å². The summed E-state index contributed by atoms with van der Waals surface area (Å²) < 4.78 is 1.16. The second kappa shape index (κ2) is 6.44. The van der Waals surface area contributed by atoms with Crippen LogP contribution in [0.5, 0.6) is 0 Å². The first-order chi connectivity index (χ1) is 8.25. The zero-order valence-corrected chi connectivity index (χ0v) is 12.2. The molecule has 17 heavy (non-hydrogen) atoms. The topological polar surface area (TPSA) is 12.0 Å². The molecule has 0 aliphatic heterocycles. The minimum atomic E-state index is 0.965. The van der Waals surface area contributed by atoms with Crippen molar-refractivity contribution in [3.05, 3.63) is 28.2 Å². The van der Waals surface area contributed by atoms with Gasteiger partial charge in [-0.05, 0) is 43.0 Å². The van der Waals surface area contributed by atoms with Gasteiger partial charge in [0.05, 0.1) is 0 Å². The molecule has 0 aromatic heterocycles. The van der Waals surface area contributed by atoms with Crippen molar-refractivity contribution in [1.82, 2.24) is 0 Å². The van der Waals surface area contributed by atoms with Crippen molar-refractivity contribution < 1.29 is 0 Å². The molecular weight excluding hydrogens is 274 g/mol. The summed E-state index contributed by atoms with van der Waals surface area (Å²) in [6, 6.07) is 6.44. The number of halogens is 1. The highest BCUT2D eigenvalue weighted by molar-refractivity contribution is 9.10. The molecule has 1 aromatic carbocycles. The van der Waals surface area contributed by atoms with Crippen molar-refractivity contribution in [2.45, 2.75) is 45.4 Å². The van der Waals surface area contributed by atoms with E-state index in [0.29, 0.717) is 0 Å². The summed E-state index contributed by atoms with van der Waals surface area (Å²) in [7, 11) is 0. The highest BCUT2D eigenvalue weighted by atomic mass is 79.9. The third-order valence-corrected chi connectivity index (χ3v) is 4.27. The molecule has 1 aliphatic rings. The van der Waals surface area contributed by atoms with E-state index in [0.717, 1.165) is 16.9 Å². The highest BCUT2D eigenvalue weighted by Gasteiger charge is 2.12. The van der Waals surface area contributed by atoms with E-state index in [1.54, 1.807) is 0 Å². The maximum absolute atomic E-state index is 3.57. The number of benzene rings is 1. The highest BCUT2D eigenvalue weighted by Crippen LogP contribution is 2.26. The first kappa shape index (κ1) is 12.9. The van der Waals surface area contributed by atoms with Gasteiger partial charge in [-0.1, -0.05) is 48.0 Å². The number of nitrogens with one attached hydrogen (secondary N) is 1. The van der Waals surface area contributed by atoms with Crippen LogP contribution in [0.4, 0.5) is 5.69 Å². The summed E-state index contributed by atoms with van der Waals surface area (Å²) in [5.74, 6) is 0.965. The van der Waals surface area contributed by atoms with Gasteiger partial charge in [0.25, 0.3) is 0 Å². The third kappa shape index (κ3) is 4.02. The standard InChI is InChI=1S/C15H22BrN/c1-12-11-14(16)7-8-15(12)17-10-9-13-5-3-2-4-6-13/h7-8,11,13,17H,2-6,9-10H2,1H3. The molecule has 0 spiro atoms. The molecule has 0 unspecified atom stereocenters. The van der Waals surface area contributed by atoms with Gasteiger partial charge in [-0.2, -0.15) is 0 Å². The van der Waals surface area contributed by atoms with Crippen LogP contribution in [0.15, 0.2) is 22.7 Å². The molecule has 1 N–H and O–H groups in total. The molecule has 0 bridgehead atoms. The lowest BCUT2D eigenvalue weighted by Crippen LogP contribution is -2.12. The van der Waals surface area contributed by atoms with Gasteiger partial charge in [0.15, 0.2) is 0 Å². The van der Waals surface area contributed by atoms with Crippen LogP contribution < -0.4 is 5.32 Å². The quantitative estimate of drug-likeness (QED) is 0.811. The summed E-state index contributed by atoms with van der Waals surface area (Å²) in [5, 5.41) is 3.57. The zero-order valence-electron chi connectivity index (χ0n) is 10.6. The molecule has 0 amide bonds. The Kier molecular flexibility index (Phi) is 4.90. The Labute approximate surface area is 113 Å². The Bertz CT molecular complexity index is 356. The minimum Gasteiger partial charge on any atom is -0.385 e. The lowest BCUT2D eigenvalue weighted by molar-refractivity contribution is 0.345. The molecule has 0 saturated heterocycles. The predicted octanol–water partition coefficient (Wildman–Crippen LogP) is 5.14. The van der Waals surface area contributed by atoms with E-state index in [2.05, 4.69) is 46.4 Å². The first-order valence-corrected chi connectivity index (χ1v) is 7.55. The first-order valence-electron chi connectivity index (χ1n) is 6.76. The Balaban J connectivity index is 1.77. The Morgan fingerprint density at radius 2 is 2.00 bits per heavy atom. The van der Waals surface area contributed by atoms with Crippen LogP contribution in [0.3, 0.4) is 0 Å². The summed E-state index contributed by atoms with van der Waals surface area (Å²) in [6.45, 7) is 3.28. The van der Waals surface area contributed by atoms with Crippen LogP contribution in [0.2, 0.25) is 0 Å². The van der Waals surface area contributed by atoms with Gasteiger partial charge in [0.2, 0.25) is 0 Å². The van der Waals surface area contributed by atoms with Crippen molar-refractivity contribution in [3.8, 4) is 0 Å². The lowest BCUT2D eigenvalue weighted by Gasteiger charge is -2.22. The van der Waals surface area contributed by atoms with Crippen LogP contribution in [-0.4, -0.2) is 6.54 Å². The van der Waals surface area contributed by atoms with Crippen molar-refractivity contribution in [2.24, 2.45) is 5.92 Å². The van der Waals surface area contributed by atoms with Gasteiger partial charge in [-0.25, -0.2) is 0 Å². The SMILES string of the molecule is Cc1cc(Br)ccc1NCCC1CCCCC1. The fraction of sp³-hybridized carbons (Fsp3) is 0.600. The summed E-state index contributed by atoms with van der Waals surface area (Å²) in [6.07, 6.45) is 8.57. The molecular formula is C15H22BrN. The minimum absolute atomic E-state index is 0.965. The molecule has 1 nitrogen and oxygen atoms in total. The number of hydrogen-bond acceptors (Lipinski definition) is 1. The van der Waals surface area contributed by atoms with Crippen molar-refractivity contribution in [3.63, 3.8) is 0 Å². The number of rotatable bonds is 4. The second-order valence-corrected chi connectivity index (χ2v) is 6.09. The van der Waals surface area contributed by atoms with Gasteiger partial charge in [-0.3, -0.25) is 0 Å². The lowest BCUT2D eigenvalue weighted by atomic mass is 9.87. The van der Waals surface area contributed by atoms with Crippen molar-refractivity contribution in [2.75, 3.05) is 11.9 Å². The van der Waals surface area contributed by atoms with Crippen LogP contribution in [0.1, 0.15) is 44.1 Å². The molecule has 1 aliphatic carbocycles. The summed E-state index contributed by atoms with van der Waals surface area (Å²) in [5.41, 5.74) is 2.60. The normalized spacial score (nSPS) is 17.1. The van der Waals surface area contributed by atoms with E-state index in [9.17, 15) is 0 Å². The van der Waals surface area contributed by atoms with Crippen molar-refractivity contribution in [1.29, 1.82) is 0 Å². The second-order valence-electron chi connectivity index (χ2n) is 5.18. The number of aryl methyl sites for hydroxylation is 1. The van der Waals surface area contributed by atoms with E-state index < -0.39 is 0 Å². The fourth-order valence-electron chi connectivity index (χ4n) is 2.71. The van der Waals surface area contributed by atoms with Crippen LogP contribution in [0, 0.1) is 12.8 Å². The maximum Gasteiger partial charge on any atom is 0.0370 e. The van der Waals surface area contributed by atoms with Crippen LogP contribution >= 0.6 is 15.9 Å². The average molecular weight is 296 g/mol. The fourth-order valence-corrected chi connectivity index (χ4v) is 3.19. The Hall–Kier alpha value is -0.500. The molecule has 2 heteroatoms. The molecule has 94 valence electrons. The maximum atomic E-state index is 3.57. The van der Waals surface area contributed by atoms with Crippen molar-refractivity contribution >= 4 is 21.6 Å². The Morgan fingerprint density at radius 1 is 1.24 bits per heavy atom. The summed E-state index contributed by atoms with van der Waals surface area (Å²) in [4.78, 5) is 0. The monoisotopic (exact) mass is 295 g/mol. The van der Waals surface area contributed by atoms with Crippen LogP contribution in [0.25, 0.3) is 0 Å². The number of hydrogen-bond donors (Lipinski definition) is 1. The molecule has 0 heterocycles. The van der Waals surface area contributed by atoms with Gasteiger partial charge < -0.3 is 5.32 Å². The predicted molar refractivity (Wildman–Crippen MR) is 78.6 cm³/mol. The van der Waals surface area contributed by atoms with E-state index in [-0.39, 0.29) is 0 Å². The zero-order chi connectivity index (χ0) is 12.1. The van der Waals surface area contributed by atoms with E-state index in [4.69, 9.17) is 0 Å². The molecule has 1 fully saturated rings. The van der Waals surface area contributed by atoms with Gasteiger partial charge in [-0.15, -0.1) is 0 Å². The molecule has 1 aromatic rings. The molecule has 0 atom stereocenters.